The first-order valence-corrected chi connectivity index (χ1v) is 10.9. The molecule has 1 unspecified atom stereocenters. The van der Waals surface area contributed by atoms with Crippen molar-refractivity contribution in [3.63, 3.8) is 0 Å². The second-order valence-corrected chi connectivity index (χ2v) is 9.28. The van der Waals surface area contributed by atoms with Crippen LogP contribution in [-0.2, 0) is 4.57 Å². The average molecular weight is 394 g/mol. The number of rotatable bonds is 5. The topological polar surface area (TPSA) is 35.5 Å². The Labute approximate surface area is 167 Å². The Morgan fingerprint density at radius 2 is 1.11 bits per heavy atom. The van der Waals surface area contributed by atoms with Crippen LogP contribution in [0.1, 0.15) is 33.4 Å². The standard InChI is InChI=1S/C24H27O3P/c1-16-12-18(3)23(19(4)13-16)27-28(25,26-22-10-8-7-9-11-22)24-20(5)14-17(2)15-21(24)6/h7-15H,1-6H3. The largest absolute Gasteiger partial charge is 0.463 e. The van der Waals surface area contributed by atoms with Crippen LogP contribution in [0.5, 0.6) is 11.5 Å². The zero-order chi connectivity index (χ0) is 20.5. The van der Waals surface area contributed by atoms with Crippen LogP contribution in [0.15, 0.2) is 54.6 Å². The van der Waals surface area contributed by atoms with Gasteiger partial charge in [-0.3, -0.25) is 0 Å². The molecule has 0 fully saturated rings. The van der Waals surface area contributed by atoms with Crippen LogP contribution in [0.2, 0.25) is 0 Å². The Kier molecular flexibility index (Phi) is 5.67. The van der Waals surface area contributed by atoms with Gasteiger partial charge < -0.3 is 9.05 Å². The minimum Gasteiger partial charge on any atom is -0.413 e. The number of para-hydroxylation sites is 1. The van der Waals surface area contributed by atoms with Crippen LogP contribution >= 0.6 is 7.60 Å². The molecule has 0 aromatic heterocycles. The monoisotopic (exact) mass is 394 g/mol. The van der Waals surface area contributed by atoms with E-state index in [9.17, 15) is 4.57 Å². The van der Waals surface area contributed by atoms with Crippen LogP contribution in [0.25, 0.3) is 0 Å². The molecule has 0 saturated carbocycles. The molecule has 0 radical (unpaired) electrons. The minimum atomic E-state index is -3.68. The average Bonchev–Trinajstić information content (AvgIpc) is 2.58. The van der Waals surface area contributed by atoms with Gasteiger partial charge >= 0.3 is 7.60 Å². The quantitative estimate of drug-likeness (QED) is 0.463. The van der Waals surface area contributed by atoms with E-state index in [1.165, 1.54) is 0 Å². The lowest BCUT2D eigenvalue weighted by molar-refractivity contribution is 0.396. The molecule has 3 aromatic carbocycles. The van der Waals surface area contributed by atoms with Gasteiger partial charge in [-0.2, -0.15) is 0 Å². The fourth-order valence-corrected chi connectivity index (χ4v) is 5.91. The fraction of sp³-hybridized carbons (Fsp3) is 0.250. The number of aryl methyl sites for hydroxylation is 6. The van der Waals surface area contributed by atoms with E-state index in [1.807, 2.05) is 84.0 Å². The SMILES string of the molecule is Cc1cc(C)c(OP(=O)(Oc2ccccc2)c2c(C)cc(C)cc2C)c(C)c1. The van der Waals surface area contributed by atoms with Gasteiger partial charge in [0.25, 0.3) is 0 Å². The molecule has 3 rings (SSSR count). The Morgan fingerprint density at radius 1 is 0.643 bits per heavy atom. The Balaban J connectivity index is 2.17. The summed E-state index contributed by atoms with van der Waals surface area (Å²) in [5.41, 5.74) is 5.95. The predicted molar refractivity (Wildman–Crippen MR) is 116 cm³/mol. The molecule has 0 amide bonds. The van der Waals surface area contributed by atoms with E-state index in [0.717, 1.165) is 33.4 Å². The molecule has 0 bridgehead atoms. The van der Waals surface area contributed by atoms with E-state index >= 15 is 0 Å². The summed E-state index contributed by atoms with van der Waals surface area (Å²) < 4.78 is 26.6. The van der Waals surface area contributed by atoms with Gasteiger partial charge in [-0.1, -0.05) is 53.6 Å². The molecule has 0 spiro atoms. The summed E-state index contributed by atoms with van der Waals surface area (Å²) in [7, 11) is -3.68. The van der Waals surface area contributed by atoms with Crippen molar-refractivity contribution in [3.05, 3.63) is 88.0 Å². The van der Waals surface area contributed by atoms with Crippen molar-refractivity contribution in [2.45, 2.75) is 41.5 Å². The van der Waals surface area contributed by atoms with Gasteiger partial charge in [-0.25, -0.2) is 4.57 Å². The molecule has 3 nitrogen and oxygen atoms in total. The number of hydrogen-bond acceptors (Lipinski definition) is 3. The Morgan fingerprint density at radius 3 is 1.61 bits per heavy atom. The lowest BCUT2D eigenvalue weighted by Gasteiger charge is -2.25. The van der Waals surface area contributed by atoms with E-state index in [-0.39, 0.29) is 0 Å². The molecule has 0 N–H and O–H groups in total. The lowest BCUT2D eigenvalue weighted by atomic mass is 10.1. The van der Waals surface area contributed by atoms with Gasteiger partial charge in [-0.05, 0) is 75.9 Å². The smallest absolute Gasteiger partial charge is 0.413 e. The molecule has 0 saturated heterocycles. The molecule has 1 atom stereocenters. The normalized spacial score (nSPS) is 13.1. The van der Waals surface area contributed by atoms with Crippen molar-refractivity contribution in [1.29, 1.82) is 0 Å². The van der Waals surface area contributed by atoms with E-state index in [4.69, 9.17) is 9.05 Å². The van der Waals surface area contributed by atoms with Crippen LogP contribution in [0, 0.1) is 41.5 Å². The number of hydrogen-bond donors (Lipinski definition) is 0. The van der Waals surface area contributed by atoms with Crippen LogP contribution < -0.4 is 14.4 Å². The lowest BCUT2D eigenvalue weighted by Crippen LogP contribution is -2.21. The predicted octanol–water partition coefficient (Wildman–Crippen LogP) is 6.51. The highest BCUT2D eigenvalue weighted by Crippen LogP contribution is 2.50. The maximum atomic E-state index is 14.3. The molecule has 0 aliphatic carbocycles. The third-order valence-corrected chi connectivity index (χ3v) is 6.82. The highest BCUT2D eigenvalue weighted by molar-refractivity contribution is 7.63. The van der Waals surface area contributed by atoms with E-state index in [1.54, 1.807) is 12.1 Å². The first-order valence-electron chi connectivity index (χ1n) is 9.40. The molecule has 146 valence electrons. The van der Waals surface area contributed by atoms with Gasteiger partial charge in [0, 0.05) is 0 Å². The minimum absolute atomic E-state index is 0.521. The third-order valence-electron chi connectivity index (χ3n) is 4.69. The highest BCUT2D eigenvalue weighted by atomic mass is 31.2. The third kappa shape index (κ3) is 4.15. The van der Waals surface area contributed by atoms with Gasteiger partial charge in [-0.15, -0.1) is 0 Å². The summed E-state index contributed by atoms with van der Waals surface area (Å²) >= 11 is 0. The highest BCUT2D eigenvalue weighted by Gasteiger charge is 2.35. The van der Waals surface area contributed by atoms with Crippen LogP contribution in [0.3, 0.4) is 0 Å². The van der Waals surface area contributed by atoms with Crippen molar-refractivity contribution in [3.8, 4) is 11.5 Å². The zero-order valence-electron chi connectivity index (χ0n) is 17.4. The van der Waals surface area contributed by atoms with Crippen LogP contribution in [0.4, 0.5) is 0 Å². The van der Waals surface area contributed by atoms with E-state index in [0.29, 0.717) is 16.8 Å². The summed E-state index contributed by atoms with van der Waals surface area (Å²) in [6, 6.07) is 17.3. The fourth-order valence-electron chi connectivity index (χ4n) is 3.77. The maximum absolute atomic E-state index is 14.3. The molecular weight excluding hydrogens is 367 g/mol. The summed E-state index contributed by atoms with van der Waals surface area (Å²) in [6.07, 6.45) is 0. The van der Waals surface area contributed by atoms with Crippen molar-refractivity contribution in [2.24, 2.45) is 0 Å². The molecule has 28 heavy (non-hydrogen) atoms. The van der Waals surface area contributed by atoms with Crippen LogP contribution in [-0.4, -0.2) is 0 Å². The van der Waals surface area contributed by atoms with Crippen molar-refractivity contribution < 1.29 is 13.6 Å². The first kappa shape index (κ1) is 20.2. The van der Waals surface area contributed by atoms with E-state index < -0.39 is 7.60 Å². The molecular formula is C24H27O3P. The second kappa shape index (κ2) is 7.85. The molecule has 0 aliphatic heterocycles. The second-order valence-electron chi connectivity index (χ2n) is 7.47. The van der Waals surface area contributed by atoms with Gasteiger partial charge in [0.2, 0.25) is 0 Å². The summed E-state index contributed by atoms with van der Waals surface area (Å²) in [6.45, 7) is 11.9. The summed E-state index contributed by atoms with van der Waals surface area (Å²) in [4.78, 5) is 0. The van der Waals surface area contributed by atoms with Gasteiger partial charge in [0.05, 0.1) is 5.30 Å². The number of benzene rings is 3. The van der Waals surface area contributed by atoms with Gasteiger partial charge in [0.15, 0.2) is 0 Å². The van der Waals surface area contributed by atoms with Crippen molar-refractivity contribution in [1.82, 2.24) is 0 Å². The zero-order valence-corrected chi connectivity index (χ0v) is 18.3. The Hall–Kier alpha value is -2.51. The first-order chi connectivity index (χ1) is 13.2. The van der Waals surface area contributed by atoms with Crippen molar-refractivity contribution in [2.75, 3.05) is 0 Å². The maximum Gasteiger partial charge on any atom is 0.463 e. The summed E-state index contributed by atoms with van der Waals surface area (Å²) in [5, 5.41) is 0.626. The summed E-state index contributed by atoms with van der Waals surface area (Å²) in [5.74, 6) is 1.14. The van der Waals surface area contributed by atoms with E-state index in [2.05, 4.69) is 0 Å². The van der Waals surface area contributed by atoms with Crippen molar-refractivity contribution >= 4 is 12.9 Å². The van der Waals surface area contributed by atoms with Gasteiger partial charge in [0.1, 0.15) is 11.5 Å². The molecule has 4 heteroatoms. The molecule has 0 aliphatic rings. The Bertz CT molecular complexity index is 1010. The molecule has 0 heterocycles. The molecule has 3 aromatic rings.